The van der Waals surface area contributed by atoms with Gasteiger partial charge in [-0.25, -0.2) is 4.98 Å². The zero-order valence-electron chi connectivity index (χ0n) is 15.0. The van der Waals surface area contributed by atoms with Crippen molar-refractivity contribution in [2.75, 3.05) is 13.6 Å². The summed E-state index contributed by atoms with van der Waals surface area (Å²) in [5.41, 5.74) is 9.50. The van der Waals surface area contributed by atoms with E-state index in [9.17, 15) is 4.79 Å². The number of aromatic nitrogens is 3. The molecule has 0 aliphatic carbocycles. The fourth-order valence-corrected chi connectivity index (χ4v) is 3.01. The molecule has 2 heterocycles. The lowest BCUT2D eigenvalue weighted by Gasteiger charge is -2.26. The van der Waals surface area contributed by atoms with Crippen LogP contribution < -0.4 is 5.73 Å². The van der Waals surface area contributed by atoms with Crippen molar-refractivity contribution in [2.24, 2.45) is 5.73 Å². The molecule has 1 amide bonds. The Morgan fingerprint density at radius 1 is 1.28 bits per heavy atom. The van der Waals surface area contributed by atoms with Gasteiger partial charge in [-0.15, -0.1) is 0 Å². The molecule has 3 rings (SSSR count). The number of hydrogen-bond acceptors (Lipinski definition) is 4. The van der Waals surface area contributed by atoms with Crippen LogP contribution in [0.2, 0.25) is 0 Å². The number of fused-ring (bicyclic) bond motifs is 1. The van der Waals surface area contributed by atoms with Gasteiger partial charge in [0, 0.05) is 30.0 Å². The molecule has 1 aromatic carbocycles. The van der Waals surface area contributed by atoms with E-state index < -0.39 is 5.54 Å². The summed E-state index contributed by atoms with van der Waals surface area (Å²) >= 11 is 0. The van der Waals surface area contributed by atoms with Gasteiger partial charge in [-0.2, -0.15) is 0 Å². The molecule has 6 heteroatoms. The highest BCUT2D eigenvalue weighted by Gasteiger charge is 2.21. The predicted octanol–water partition coefficient (Wildman–Crippen LogP) is 2.74. The number of aryl methyl sites for hydroxylation is 1. The number of hydrogen-bond donors (Lipinski definition) is 2. The normalized spacial score (nSPS) is 11.7. The minimum Gasteiger partial charge on any atom is -0.353 e. The number of H-pyrrole nitrogens is 1. The minimum absolute atomic E-state index is 0.193. The highest BCUT2D eigenvalue weighted by molar-refractivity contribution is 5.93. The first-order valence-corrected chi connectivity index (χ1v) is 8.20. The third-order valence-electron chi connectivity index (χ3n) is 4.07. The van der Waals surface area contributed by atoms with Gasteiger partial charge < -0.3 is 15.6 Å². The number of aromatic amines is 1. The van der Waals surface area contributed by atoms with E-state index in [1.54, 1.807) is 18.1 Å². The van der Waals surface area contributed by atoms with Crippen LogP contribution in [0.3, 0.4) is 0 Å². The second-order valence-electron chi connectivity index (χ2n) is 7.11. The smallest absolute Gasteiger partial charge is 0.273 e. The van der Waals surface area contributed by atoms with Crippen LogP contribution in [0.5, 0.6) is 0 Å². The minimum atomic E-state index is -0.469. The number of para-hydroxylation sites is 1. The van der Waals surface area contributed by atoms with Crippen molar-refractivity contribution in [1.29, 1.82) is 0 Å². The third kappa shape index (κ3) is 3.53. The van der Waals surface area contributed by atoms with Gasteiger partial charge in [0.25, 0.3) is 5.91 Å². The number of carbonyl (C=O) groups is 1. The van der Waals surface area contributed by atoms with Crippen molar-refractivity contribution in [3.8, 4) is 11.4 Å². The van der Waals surface area contributed by atoms with Crippen LogP contribution in [0.15, 0.2) is 36.7 Å². The second-order valence-corrected chi connectivity index (χ2v) is 7.11. The summed E-state index contributed by atoms with van der Waals surface area (Å²) in [7, 11) is 1.72. The molecule has 2 aromatic heterocycles. The summed E-state index contributed by atoms with van der Waals surface area (Å²) < 4.78 is 0. The first-order chi connectivity index (χ1) is 11.8. The molecule has 0 atom stereocenters. The molecule has 0 aliphatic rings. The van der Waals surface area contributed by atoms with Gasteiger partial charge in [-0.3, -0.25) is 9.78 Å². The number of nitrogens with two attached hydrogens (primary N) is 1. The van der Waals surface area contributed by atoms with Crippen molar-refractivity contribution >= 4 is 16.8 Å². The zero-order chi connectivity index (χ0) is 18.2. The Morgan fingerprint density at radius 3 is 2.68 bits per heavy atom. The van der Waals surface area contributed by atoms with Gasteiger partial charge in [0.1, 0.15) is 11.4 Å². The van der Waals surface area contributed by atoms with Gasteiger partial charge in [0.05, 0.1) is 18.1 Å². The summed E-state index contributed by atoms with van der Waals surface area (Å²) in [6, 6.07) is 8.06. The highest BCUT2D eigenvalue weighted by Crippen LogP contribution is 2.28. The lowest BCUT2D eigenvalue weighted by molar-refractivity contribution is 0.0763. The van der Waals surface area contributed by atoms with E-state index in [2.05, 4.69) is 21.0 Å². The van der Waals surface area contributed by atoms with E-state index in [4.69, 9.17) is 5.73 Å². The first kappa shape index (κ1) is 17.1. The number of amides is 1. The van der Waals surface area contributed by atoms with E-state index in [1.165, 1.54) is 6.20 Å². The molecule has 0 radical (unpaired) electrons. The van der Waals surface area contributed by atoms with Crippen LogP contribution in [-0.2, 0) is 0 Å². The molecule has 25 heavy (non-hydrogen) atoms. The van der Waals surface area contributed by atoms with Crippen molar-refractivity contribution in [3.63, 3.8) is 0 Å². The predicted molar refractivity (Wildman–Crippen MR) is 99.3 cm³/mol. The van der Waals surface area contributed by atoms with Crippen molar-refractivity contribution in [2.45, 2.75) is 26.3 Å². The van der Waals surface area contributed by atoms with Crippen molar-refractivity contribution < 1.29 is 4.79 Å². The molecule has 0 bridgehead atoms. The largest absolute Gasteiger partial charge is 0.353 e. The molecule has 0 spiro atoms. The Labute approximate surface area is 147 Å². The summed E-state index contributed by atoms with van der Waals surface area (Å²) in [6.45, 7) is 6.23. The molecular weight excluding hydrogens is 314 g/mol. The van der Waals surface area contributed by atoms with E-state index in [0.717, 1.165) is 22.2 Å². The monoisotopic (exact) mass is 337 g/mol. The number of nitrogens with zero attached hydrogens (tertiary/aromatic N) is 3. The van der Waals surface area contributed by atoms with E-state index in [1.807, 2.05) is 39.0 Å². The topological polar surface area (TPSA) is 87.9 Å². The Hall–Kier alpha value is -2.73. The third-order valence-corrected chi connectivity index (χ3v) is 4.07. The van der Waals surface area contributed by atoms with Gasteiger partial charge in [0.15, 0.2) is 0 Å². The van der Waals surface area contributed by atoms with Crippen molar-refractivity contribution in [1.82, 2.24) is 19.9 Å². The molecule has 3 aromatic rings. The summed E-state index contributed by atoms with van der Waals surface area (Å²) in [4.78, 5) is 26.3. The van der Waals surface area contributed by atoms with E-state index in [-0.39, 0.29) is 5.91 Å². The van der Waals surface area contributed by atoms with Gasteiger partial charge in [-0.05, 0) is 32.4 Å². The number of likely N-dealkylation sites (N-methyl/N-ethyl adjacent to an activating group) is 1. The standard InChI is InChI=1S/C19H23N5O/c1-12-13-7-5-6-8-14(13)23-17(12)15-9-21-10-16(22-15)18(25)24(4)11-19(2,3)20/h5-10,23H,11,20H2,1-4H3. The fourth-order valence-electron chi connectivity index (χ4n) is 3.01. The Balaban J connectivity index is 1.96. The summed E-state index contributed by atoms with van der Waals surface area (Å²) in [5.74, 6) is -0.193. The van der Waals surface area contributed by atoms with Gasteiger partial charge >= 0.3 is 0 Å². The van der Waals surface area contributed by atoms with Crippen LogP contribution >= 0.6 is 0 Å². The van der Waals surface area contributed by atoms with Crippen LogP contribution in [0, 0.1) is 6.92 Å². The van der Waals surface area contributed by atoms with Gasteiger partial charge in [-0.1, -0.05) is 18.2 Å². The summed E-state index contributed by atoms with van der Waals surface area (Å²) in [6.07, 6.45) is 3.16. The molecule has 0 fully saturated rings. The Bertz CT molecular complexity index is 923. The molecule has 0 saturated heterocycles. The lowest BCUT2D eigenvalue weighted by atomic mass is 10.1. The van der Waals surface area contributed by atoms with Crippen LogP contribution in [0.1, 0.15) is 29.9 Å². The molecule has 130 valence electrons. The first-order valence-electron chi connectivity index (χ1n) is 8.20. The molecule has 0 saturated carbocycles. The van der Waals surface area contributed by atoms with Crippen LogP contribution in [-0.4, -0.2) is 44.9 Å². The molecule has 0 aliphatic heterocycles. The Morgan fingerprint density at radius 2 is 2.00 bits per heavy atom. The van der Waals surface area contributed by atoms with Gasteiger partial charge in [0.2, 0.25) is 0 Å². The summed E-state index contributed by atoms with van der Waals surface area (Å²) in [5, 5.41) is 1.14. The van der Waals surface area contributed by atoms with Crippen LogP contribution in [0.4, 0.5) is 0 Å². The zero-order valence-corrected chi connectivity index (χ0v) is 15.0. The molecule has 3 N–H and O–H groups in total. The van der Waals surface area contributed by atoms with E-state index in [0.29, 0.717) is 17.9 Å². The average molecular weight is 337 g/mol. The Kier molecular flexibility index (Phi) is 4.30. The number of nitrogens with one attached hydrogen (secondary N) is 1. The average Bonchev–Trinajstić information content (AvgIpc) is 2.90. The molecular formula is C19H23N5O. The maximum Gasteiger partial charge on any atom is 0.273 e. The SMILES string of the molecule is Cc1c(-c2cncc(C(=O)N(C)CC(C)(C)N)n2)[nH]c2ccccc12. The maximum absolute atomic E-state index is 12.6. The lowest BCUT2D eigenvalue weighted by Crippen LogP contribution is -2.46. The number of carbonyl (C=O) groups excluding carboxylic acids is 1. The quantitative estimate of drug-likeness (QED) is 0.766. The fraction of sp³-hybridized carbons (Fsp3) is 0.316. The van der Waals surface area contributed by atoms with Crippen LogP contribution in [0.25, 0.3) is 22.3 Å². The van der Waals surface area contributed by atoms with Crippen molar-refractivity contribution in [3.05, 3.63) is 47.9 Å². The highest BCUT2D eigenvalue weighted by atomic mass is 16.2. The number of rotatable bonds is 4. The molecule has 6 nitrogen and oxygen atoms in total. The number of benzene rings is 1. The molecule has 0 unspecified atom stereocenters. The maximum atomic E-state index is 12.6. The second kappa shape index (κ2) is 6.29. The van der Waals surface area contributed by atoms with E-state index >= 15 is 0 Å².